The molecule has 0 radical (unpaired) electrons. The van der Waals surface area contributed by atoms with Crippen LogP contribution in [0.15, 0.2) is 53.5 Å². The molecule has 1 aliphatic rings. The topological polar surface area (TPSA) is 55.2 Å². The van der Waals surface area contributed by atoms with Crippen molar-refractivity contribution >= 4 is 28.5 Å². The molecule has 2 aromatic heterocycles. The van der Waals surface area contributed by atoms with Crippen LogP contribution in [0.2, 0.25) is 5.02 Å². The van der Waals surface area contributed by atoms with E-state index in [1.807, 2.05) is 29.2 Å². The molecule has 6 heteroatoms. The summed E-state index contributed by atoms with van der Waals surface area (Å²) in [6, 6.07) is 12.7. The molecule has 5 nitrogen and oxygen atoms in total. The Labute approximate surface area is 174 Å². The predicted octanol–water partition coefficient (Wildman–Crippen LogP) is 4.22. The van der Waals surface area contributed by atoms with Crippen LogP contribution in [-0.4, -0.2) is 33.4 Å². The lowest BCUT2D eigenvalue weighted by Crippen LogP contribution is -2.44. The van der Waals surface area contributed by atoms with Crippen molar-refractivity contribution in [1.29, 1.82) is 0 Å². The monoisotopic (exact) mass is 409 g/mol. The molecular formula is C23H24ClN3O2. The quantitative estimate of drug-likeness (QED) is 0.650. The van der Waals surface area contributed by atoms with Gasteiger partial charge in [-0.2, -0.15) is 0 Å². The molecule has 150 valence electrons. The van der Waals surface area contributed by atoms with Crippen molar-refractivity contribution in [2.45, 2.75) is 26.8 Å². The number of carbonyl (C=O) groups is 1. The SMILES string of the molecule is C[C@H]1C[C@H](C)CN(C(=O)c2cc3cccnc3n(Cc3ccc(Cl)cc3)c2=O)C1. The molecule has 0 N–H and O–H groups in total. The number of nitrogens with zero attached hydrogens (tertiary/aromatic N) is 3. The highest BCUT2D eigenvalue weighted by Gasteiger charge is 2.28. The van der Waals surface area contributed by atoms with Crippen LogP contribution in [-0.2, 0) is 6.54 Å². The molecule has 0 aliphatic carbocycles. The van der Waals surface area contributed by atoms with E-state index in [-0.39, 0.29) is 17.0 Å². The number of piperidine rings is 1. The van der Waals surface area contributed by atoms with Gasteiger partial charge in [0.05, 0.1) is 6.54 Å². The highest BCUT2D eigenvalue weighted by atomic mass is 35.5. The van der Waals surface area contributed by atoms with E-state index in [4.69, 9.17) is 11.6 Å². The Morgan fingerprint density at radius 2 is 1.83 bits per heavy atom. The van der Waals surface area contributed by atoms with Crippen LogP contribution in [0.1, 0.15) is 36.2 Å². The van der Waals surface area contributed by atoms with Crippen LogP contribution in [0, 0.1) is 11.8 Å². The second-order valence-electron chi connectivity index (χ2n) is 8.15. The third-order valence-corrected chi connectivity index (χ3v) is 5.74. The van der Waals surface area contributed by atoms with Gasteiger partial charge in [-0.05, 0) is 54.2 Å². The Balaban J connectivity index is 1.79. The molecule has 1 amide bonds. The molecule has 1 saturated heterocycles. The summed E-state index contributed by atoms with van der Waals surface area (Å²) in [5.74, 6) is 0.672. The maximum Gasteiger partial charge on any atom is 0.265 e. The fraction of sp³-hybridized carbons (Fsp3) is 0.348. The maximum atomic E-state index is 13.4. The molecule has 2 atom stereocenters. The number of aromatic nitrogens is 2. The Kier molecular flexibility index (Phi) is 5.41. The van der Waals surface area contributed by atoms with Gasteiger partial charge < -0.3 is 4.90 Å². The summed E-state index contributed by atoms with van der Waals surface area (Å²) in [6.45, 7) is 6.01. The average molecular weight is 410 g/mol. The van der Waals surface area contributed by atoms with E-state index in [2.05, 4.69) is 18.8 Å². The highest BCUT2D eigenvalue weighted by molar-refractivity contribution is 6.30. The van der Waals surface area contributed by atoms with Crippen LogP contribution in [0.5, 0.6) is 0 Å². The first-order chi connectivity index (χ1) is 13.9. The summed E-state index contributed by atoms with van der Waals surface area (Å²) < 4.78 is 1.59. The smallest absolute Gasteiger partial charge is 0.265 e. The van der Waals surface area contributed by atoms with Crippen molar-refractivity contribution in [2.24, 2.45) is 11.8 Å². The number of amides is 1. The van der Waals surface area contributed by atoms with Crippen molar-refractivity contribution < 1.29 is 4.79 Å². The summed E-state index contributed by atoms with van der Waals surface area (Å²) in [5.41, 5.74) is 1.40. The van der Waals surface area contributed by atoms with Crippen molar-refractivity contribution in [3.63, 3.8) is 0 Å². The van der Waals surface area contributed by atoms with Gasteiger partial charge in [-0.1, -0.05) is 37.6 Å². The van der Waals surface area contributed by atoms with E-state index in [9.17, 15) is 9.59 Å². The number of carbonyl (C=O) groups excluding carboxylic acids is 1. The van der Waals surface area contributed by atoms with Crippen molar-refractivity contribution in [3.05, 3.63) is 75.2 Å². The Morgan fingerprint density at radius 3 is 2.52 bits per heavy atom. The third kappa shape index (κ3) is 4.06. The first kappa shape index (κ1) is 19.6. The largest absolute Gasteiger partial charge is 0.338 e. The minimum atomic E-state index is -0.304. The van der Waals surface area contributed by atoms with Gasteiger partial charge in [0.15, 0.2) is 0 Å². The predicted molar refractivity (Wildman–Crippen MR) is 115 cm³/mol. The van der Waals surface area contributed by atoms with Crippen LogP contribution < -0.4 is 5.56 Å². The van der Waals surface area contributed by atoms with Crippen LogP contribution in [0.3, 0.4) is 0 Å². The molecule has 1 aliphatic heterocycles. The number of halogens is 1. The maximum absolute atomic E-state index is 13.4. The lowest BCUT2D eigenvalue weighted by Gasteiger charge is -2.35. The fourth-order valence-electron chi connectivity index (χ4n) is 4.28. The van der Waals surface area contributed by atoms with Crippen LogP contribution >= 0.6 is 11.6 Å². The van der Waals surface area contributed by atoms with Gasteiger partial charge in [0, 0.05) is 29.7 Å². The lowest BCUT2D eigenvalue weighted by molar-refractivity contribution is 0.0621. The van der Waals surface area contributed by atoms with E-state index in [1.165, 1.54) is 0 Å². The molecule has 3 aromatic rings. The van der Waals surface area contributed by atoms with E-state index in [1.54, 1.807) is 29.0 Å². The molecular weight excluding hydrogens is 386 g/mol. The number of likely N-dealkylation sites (tertiary alicyclic amines) is 1. The first-order valence-electron chi connectivity index (χ1n) is 9.94. The van der Waals surface area contributed by atoms with E-state index in [0.717, 1.165) is 17.4 Å². The zero-order valence-electron chi connectivity index (χ0n) is 16.6. The fourth-order valence-corrected chi connectivity index (χ4v) is 4.40. The van der Waals surface area contributed by atoms with Gasteiger partial charge in [-0.3, -0.25) is 14.2 Å². The zero-order chi connectivity index (χ0) is 20.5. The lowest BCUT2D eigenvalue weighted by atomic mass is 9.91. The van der Waals surface area contributed by atoms with E-state index >= 15 is 0 Å². The second kappa shape index (κ2) is 7.99. The van der Waals surface area contributed by atoms with Gasteiger partial charge in [0.25, 0.3) is 11.5 Å². The summed E-state index contributed by atoms with van der Waals surface area (Å²) >= 11 is 5.99. The van der Waals surface area contributed by atoms with Gasteiger partial charge in [0.1, 0.15) is 11.2 Å². The molecule has 29 heavy (non-hydrogen) atoms. The van der Waals surface area contributed by atoms with Gasteiger partial charge in [-0.25, -0.2) is 4.98 Å². The van der Waals surface area contributed by atoms with Gasteiger partial charge in [0.2, 0.25) is 0 Å². The normalized spacial score (nSPS) is 19.5. The standard InChI is InChI=1S/C23H24ClN3O2/c1-15-10-16(2)13-26(12-15)22(28)20-11-18-4-3-9-25-21(18)27(23(20)29)14-17-5-7-19(24)8-6-17/h3-9,11,15-16H,10,12-14H2,1-2H3/t15-,16-/m0/s1. The van der Waals surface area contributed by atoms with Crippen LogP contribution in [0.4, 0.5) is 0 Å². The molecule has 0 spiro atoms. The van der Waals surface area contributed by atoms with Crippen molar-refractivity contribution in [3.8, 4) is 0 Å². The highest BCUT2D eigenvalue weighted by Crippen LogP contribution is 2.23. The summed E-state index contributed by atoms with van der Waals surface area (Å²) in [4.78, 5) is 32.9. The Bertz CT molecular complexity index is 1100. The van der Waals surface area contributed by atoms with Crippen LogP contribution in [0.25, 0.3) is 11.0 Å². The number of hydrogen-bond donors (Lipinski definition) is 0. The summed E-state index contributed by atoms with van der Waals surface area (Å²) in [7, 11) is 0. The second-order valence-corrected chi connectivity index (χ2v) is 8.58. The number of fused-ring (bicyclic) bond motifs is 1. The van der Waals surface area contributed by atoms with Gasteiger partial charge in [-0.15, -0.1) is 0 Å². The molecule has 0 saturated carbocycles. The molecule has 4 rings (SSSR count). The van der Waals surface area contributed by atoms with E-state index in [0.29, 0.717) is 42.1 Å². The van der Waals surface area contributed by atoms with Crippen molar-refractivity contribution in [1.82, 2.24) is 14.5 Å². The zero-order valence-corrected chi connectivity index (χ0v) is 17.4. The number of pyridine rings is 2. The van der Waals surface area contributed by atoms with Gasteiger partial charge >= 0.3 is 0 Å². The molecule has 0 bridgehead atoms. The third-order valence-electron chi connectivity index (χ3n) is 5.49. The van der Waals surface area contributed by atoms with E-state index < -0.39 is 0 Å². The first-order valence-corrected chi connectivity index (χ1v) is 10.3. The number of hydrogen-bond acceptors (Lipinski definition) is 3. The Morgan fingerprint density at radius 1 is 1.14 bits per heavy atom. The number of rotatable bonds is 3. The average Bonchev–Trinajstić information content (AvgIpc) is 2.70. The Hall–Kier alpha value is -2.66. The summed E-state index contributed by atoms with van der Waals surface area (Å²) in [6.07, 6.45) is 2.77. The van der Waals surface area contributed by atoms with Crippen molar-refractivity contribution in [2.75, 3.05) is 13.1 Å². The summed E-state index contributed by atoms with van der Waals surface area (Å²) in [5, 5.41) is 1.42. The molecule has 1 aromatic carbocycles. The minimum Gasteiger partial charge on any atom is -0.338 e. The molecule has 1 fully saturated rings. The molecule has 3 heterocycles. The minimum absolute atomic E-state index is 0.191. The number of benzene rings is 1. The molecule has 0 unspecified atom stereocenters.